The number of hydrogen-bond acceptors (Lipinski definition) is 2. The first kappa shape index (κ1) is 15.1. The Morgan fingerprint density at radius 3 is 2.38 bits per heavy atom. The molecule has 0 aliphatic carbocycles. The highest BCUT2D eigenvalue weighted by atomic mass is 35.5. The largest absolute Gasteiger partial charge is 0.481 e. The Morgan fingerprint density at radius 2 is 1.81 bits per heavy atom. The molecule has 4 nitrogen and oxygen atoms in total. The summed E-state index contributed by atoms with van der Waals surface area (Å²) < 4.78 is 0. The normalized spacial score (nSPS) is 10.2. The Morgan fingerprint density at radius 1 is 1.14 bits per heavy atom. The number of rotatable bonds is 4. The fourth-order valence-corrected chi connectivity index (χ4v) is 2.00. The maximum absolute atomic E-state index is 12.1. The second-order valence-corrected chi connectivity index (χ2v) is 5.09. The number of nitrogens with one attached hydrogen (secondary N) is 1. The van der Waals surface area contributed by atoms with Crippen LogP contribution in [0.3, 0.4) is 0 Å². The topological polar surface area (TPSA) is 66.4 Å². The number of hydrogen-bond donors (Lipinski definition) is 2. The molecule has 0 bridgehead atoms. The van der Waals surface area contributed by atoms with Gasteiger partial charge in [0.15, 0.2) is 0 Å². The van der Waals surface area contributed by atoms with Gasteiger partial charge in [-0.15, -0.1) is 0 Å². The molecule has 0 heterocycles. The summed E-state index contributed by atoms with van der Waals surface area (Å²) in [5, 5.41) is 12.0. The highest BCUT2D eigenvalue weighted by molar-refractivity contribution is 6.31. The van der Waals surface area contributed by atoms with Gasteiger partial charge in [0.05, 0.1) is 6.42 Å². The minimum atomic E-state index is -0.888. The standard InChI is InChI=1S/C16H14ClNO3/c1-10-2-5-12(9-14(10)17)16(21)18-13-6-3-11(4-7-13)8-15(19)20/h2-7,9H,8H2,1H3,(H,18,21)(H,19,20). The third-order valence-electron chi connectivity index (χ3n) is 3.00. The highest BCUT2D eigenvalue weighted by Crippen LogP contribution is 2.18. The molecule has 2 aromatic rings. The van der Waals surface area contributed by atoms with E-state index in [9.17, 15) is 9.59 Å². The molecule has 0 saturated heterocycles. The van der Waals surface area contributed by atoms with Crippen LogP contribution in [0, 0.1) is 6.92 Å². The summed E-state index contributed by atoms with van der Waals surface area (Å²) in [6.45, 7) is 1.87. The molecule has 1 amide bonds. The maximum atomic E-state index is 12.1. The van der Waals surface area contributed by atoms with E-state index in [0.29, 0.717) is 21.8 Å². The summed E-state index contributed by atoms with van der Waals surface area (Å²) in [4.78, 5) is 22.7. The van der Waals surface area contributed by atoms with Crippen molar-refractivity contribution in [3.05, 3.63) is 64.2 Å². The van der Waals surface area contributed by atoms with Crippen LogP contribution in [0.15, 0.2) is 42.5 Å². The van der Waals surface area contributed by atoms with Gasteiger partial charge >= 0.3 is 5.97 Å². The molecule has 108 valence electrons. The average Bonchev–Trinajstić information content (AvgIpc) is 2.43. The summed E-state index contributed by atoms with van der Waals surface area (Å²) in [5.41, 5.74) is 2.66. The van der Waals surface area contributed by atoms with E-state index in [1.165, 1.54) is 0 Å². The molecule has 21 heavy (non-hydrogen) atoms. The van der Waals surface area contributed by atoms with Gasteiger partial charge in [-0.05, 0) is 42.3 Å². The molecule has 5 heteroatoms. The van der Waals surface area contributed by atoms with E-state index < -0.39 is 5.97 Å². The van der Waals surface area contributed by atoms with E-state index in [0.717, 1.165) is 5.56 Å². The Hall–Kier alpha value is -2.33. The molecule has 0 aromatic heterocycles. The number of carbonyl (C=O) groups is 2. The Balaban J connectivity index is 2.08. The number of anilines is 1. The molecule has 0 aliphatic heterocycles. The smallest absolute Gasteiger partial charge is 0.307 e. The first-order valence-electron chi connectivity index (χ1n) is 6.34. The van der Waals surface area contributed by atoms with E-state index in [2.05, 4.69) is 5.32 Å². The Bertz CT molecular complexity index is 680. The first-order chi connectivity index (χ1) is 9.95. The van der Waals surface area contributed by atoms with Crippen LogP contribution < -0.4 is 5.32 Å². The molecule has 0 radical (unpaired) electrons. The monoisotopic (exact) mass is 303 g/mol. The number of amides is 1. The van der Waals surface area contributed by atoms with Gasteiger partial charge in [0.1, 0.15) is 0 Å². The molecule has 2 rings (SSSR count). The number of carboxylic acids is 1. The van der Waals surface area contributed by atoms with Crippen molar-refractivity contribution in [2.24, 2.45) is 0 Å². The highest BCUT2D eigenvalue weighted by Gasteiger charge is 2.08. The zero-order valence-electron chi connectivity index (χ0n) is 11.4. The van der Waals surface area contributed by atoms with Crippen LogP contribution in [0.2, 0.25) is 5.02 Å². The molecule has 0 aliphatic rings. The van der Waals surface area contributed by atoms with E-state index >= 15 is 0 Å². The predicted molar refractivity (Wildman–Crippen MR) is 81.9 cm³/mol. The van der Waals surface area contributed by atoms with Crippen molar-refractivity contribution in [1.29, 1.82) is 0 Å². The van der Waals surface area contributed by atoms with Crippen LogP contribution >= 0.6 is 11.6 Å². The second kappa shape index (κ2) is 6.41. The molecule has 0 unspecified atom stereocenters. The predicted octanol–water partition coefficient (Wildman–Crippen LogP) is 3.53. The molecule has 0 fully saturated rings. The summed E-state index contributed by atoms with van der Waals surface area (Å²) in [6.07, 6.45) is -0.0399. The number of carboxylic acid groups (broad SMARTS) is 1. The summed E-state index contributed by atoms with van der Waals surface area (Å²) in [5.74, 6) is -1.15. The van der Waals surface area contributed by atoms with Crippen LogP contribution in [-0.2, 0) is 11.2 Å². The van der Waals surface area contributed by atoms with E-state index in [-0.39, 0.29) is 12.3 Å². The molecule has 2 aromatic carbocycles. The van der Waals surface area contributed by atoms with Crippen molar-refractivity contribution in [1.82, 2.24) is 0 Å². The average molecular weight is 304 g/mol. The van der Waals surface area contributed by atoms with Gasteiger partial charge in [0.2, 0.25) is 0 Å². The van der Waals surface area contributed by atoms with Crippen LogP contribution in [0.25, 0.3) is 0 Å². The fourth-order valence-electron chi connectivity index (χ4n) is 1.82. The number of aryl methyl sites for hydroxylation is 1. The lowest BCUT2D eigenvalue weighted by Crippen LogP contribution is -2.12. The SMILES string of the molecule is Cc1ccc(C(=O)Nc2ccc(CC(=O)O)cc2)cc1Cl. The first-order valence-corrected chi connectivity index (χ1v) is 6.72. The van der Waals surface area contributed by atoms with Crippen molar-refractivity contribution in [3.63, 3.8) is 0 Å². The van der Waals surface area contributed by atoms with E-state index in [4.69, 9.17) is 16.7 Å². The van der Waals surface area contributed by atoms with Crippen molar-refractivity contribution in [3.8, 4) is 0 Å². The molecule has 0 atom stereocenters. The van der Waals surface area contributed by atoms with Crippen molar-refractivity contribution in [2.75, 3.05) is 5.32 Å². The zero-order valence-corrected chi connectivity index (χ0v) is 12.1. The van der Waals surface area contributed by atoms with Gasteiger partial charge in [-0.25, -0.2) is 0 Å². The Labute approximate surface area is 127 Å². The lowest BCUT2D eigenvalue weighted by molar-refractivity contribution is -0.136. The van der Waals surface area contributed by atoms with Gasteiger partial charge in [0.25, 0.3) is 5.91 Å². The van der Waals surface area contributed by atoms with Gasteiger partial charge in [-0.1, -0.05) is 29.8 Å². The van der Waals surface area contributed by atoms with Crippen molar-refractivity contribution >= 4 is 29.2 Å². The number of aliphatic carboxylic acids is 1. The van der Waals surface area contributed by atoms with Gasteiger partial charge in [-0.3, -0.25) is 9.59 Å². The fraction of sp³-hybridized carbons (Fsp3) is 0.125. The third-order valence-corrected chi connectivity index (χ3v) is 3.41. The summed E-state index contributed by atoms with van der Waals surface area (Å²) >= 11 is 5.99. The third kappa shape index (κ3) is 4.07. The Kier molecular flexibility index (Phi) is 4.60. The zero-order chi connectivity index (χ0) is 15.4. The van der Waals surface area contributed by atoms with Crippen molar-refractivity contribution in [2.45, 2.75) is 13.3 Å². The van der Waals surface area contributed by atoms with Gasteiger partial charge < -0.3 is 10.4 Å². The van der Waals surface area contributed by atoms with Crippen LogP contribution in [0.5, 0.6) is 0 Å². The van der Waals surface area contributed by atoms with Gasteiger partial charge in [-0.2, -0.15) is 0 Å². The minimum absolute atomic E-state index is 0.0399. The molecule has 0 spiro atoms. The number of carbonyl (C=O) groups excluding carboxylic acids is 1. The van der Waals surface area contributed by atoms with Crippen molar-refractivity contribution < 1.29 is 14.7 Å². The molecular formula is C16H14ClNO3. The number of benzene rings is 2. The van der Waals surface area contributed by atoms with E-state index in [1.807, 2.05) is 6.92 Å². The molecule has 2 N–H and O–H groups in total. The lowest BCUT2D eigenvalue weighted by atomic mass is 10.1. The molecule has 0 saturated carbocycles. The maximum Gasteiger partial charge on any atom is 0.307 e. The van der Waals surface area contributed by atoms with Crippen LogP contribution in [0.1, 0.15) is 21.5 Å². The van der Waals surface area contributed by atoms with Gasteiger partial charge in [0, 0.05) is 16.3 Å². The van der Waals surface area contributed by atoms with Crippen LogP contribution in [-0.4, -0.2) is 17.0 Å². The number of halogens is 1. The molecular weight excluding hydrogens is 290 g/mol. The summed E-state index contributed by atoms with van der Waals surface area (Å²) in [7, 11) is 0. The quantitative estimate of drug-likeness (QED) is 0.908. The van der Waals surface area contributed by atoms with E-state index in [1.54, 1.807) is 42.5 Å². The second-order valence-electron chi connectivity index (χ2n) is 4.69. The van der Waals surface area contributed by atoms with Crippen LogP contribution in [0.4, 0.5) is 5.69 Å². The minimum Gasteiger partial charge on any atom is -0.481 e. The summed E-state index contributed by atoms with van der Waals surface area (Å²) in [6, 6.07) is 11.8. The lowest BCUT2D eigenvalue weighted by Gasteiger charge is -2.07.